The fourth-order valence-corrected chi connectivity index (χ4v) is 4.45. The summed E-state index contributed by atoms with van der Waals surface area (Å²) in [4.78, 5) is 8.93. The Morgan fingerprint density at radius 1 is 1.14 bits per heavy atom. The summed E-state index contributed by atoms with van der Waals surface area (Å²) in [5, 5.41) is 16.2. The average Bonchev–Trinajstić information content (AvgIpc) is 3.28. The van der Waals surface area contributed by atoms with Crippen molar-refractivity contribution in [3.05, 3.63) is 60.2 Å². The molecular formula is C20H24N4O4S. The van der Waals surface area contributed by atoms with Gasteiger partial charge in [-0.05, 0) is 37.3 Å². The van der Waals surface area contributed by atoms with Crippen LogP contribution in [0.5, 0.6) is 0 Å². The van der Waals surface area contributed by atoms with Crippen molar-refractivity contribution in [1.29, 1.82) is 0 Å². The zero-order valence-electron chi connectivity index (χ0n) is 15.9. The van der Waals surface area contributed by atoms with E-state index in [1.165, 1.54) is 5.56 Å². The quantitative estimate of drug-likeness (QED) is 0.605. The molecule has 9 heteroatoms. The Balaban J connectivity index is 1.50. The van der Waals surface area contributed by atoms with E-state index in [9.17, 15) is 13.5 Å². The Morgan fingerprint density at radius 3 is 2.69 bits per heavy atom. The minimum absolute atomic E-state index is 0.00783. The maximum atomic E-state index is 11.0. The van der Waals surface area contributed by atoms with Crippen LogP contribution in [0.4, 0.5) is 0 Å². The summed E-state index contributed by atoms with van der Waals surface area (Å²) in [6.07, 6.45) is 5.69. The molecule has 0 saturated heterocycles. The third kappa shape index (κ3) is 4.64. The first kappa shape index (κ1) is 20.0. The molecule has 1 fully saturated rings. The molecule has 1 saturated carbocycles. The second-order valence-corrected chi connectivity index (χ2v) is 8.72. The van der Waals surface area contributed by atoms with Gasteiger partial charge < -0.3 is 9.67 Å². The van der Waals surface area contributed by atoms with Gasteiger partial charge in [0.1, 0.15) is 12.0 Å². The normalized spacial score (nSPS) is 22.3. The molecule has 2 heterocycles. The number of benzene rings is 1. The van der Waals surface area contributed by atoms with Gasteiger partial charge in [-0.25, -0.2) is 15.1 Å². The van der Waals surface area contributed by atoms with Crippen LogP contribution in [0.1, 0.15) is 30.1 Å². The van der Waals surface area contributed by atoms with E-state index in [2.05, 4.69) is 26.3 Å². The minimum atomic E-state index is -4.01. The monoisotopic (exact) mass is 416 g/mol. The van der Waals surface area contributed by atoms with E-state index in [1.807, 2.05) is 35.0 Å². The predicted molar refractivity (Wildman–Crippen MR) is 108 cm³/mol. The fraction of sp³-hybridized carbons (Fsp3) is 0.400. The van der Waals surface area contributed by atoms with Gasteiger partial charge in [0.05, 0.1) is 18.4 Å². The van der Waals surface area contributed by atoms with Crippen LogP contribution < -0.4 is 5.14 Å². The molecule has 0 radical (unpaired) electrons. The molecule has 1 aromatic carbocycles. The number of aliphatic hydroxyl groups is 1. The summed E-state index contributed by atoms with van der Waals surface area (Å²) in [5.41, 5.74) is 3.08. The maximum absolute atomic E-state index is 11.0. The van der Waals surface area contributed by atoms with Crippen molar-refractivity contribution >= 4 is 21.3 Å². The first-order chi connectivity index (χ1) is 13.9. The summed E-state index contributed by atoms with van der Waals surface area (Å²) < 4.78 is 28.8. The molecule has 0 aliphatic heterocycles. The molecule has 2 aromatic heterocycles. The van der Waals surface area contributed by atoms with Gasteiger partial charge in [0, 0.05) is 23.5 Å². The van der Waals surface area contributed by atoms with E-state index in [4.69, 9.17) is 5.14 Å². The van der Waals surface area contributed by atoms with Crippen LogP contribution in [0.25, 0.3) is 11.0 Å². The summed E-state index contributed by atoms with van der Waals surface area (Å²) in [6, 6.07) is 12.3. The number of aromatic nitrogens is 3. The van der Waals surface area contributed by atoms with Gasteiger partial charge in [0.25, 0.3) is 0 Å². The van der Waals surface area contributed by atoms with Crippen molar-refractivity contribution < 1.29 is 17.7 Å². The lowest BCUT2D eigenvalue weighted by atomic mass is 10.1. The predicted octanol–water partition coefficient (Wildman–Crippen LogP) is 1.75. The van der Waals surface area contributed by atoms with Crippen LogP contribution in [0.2, 0.25) is 0 Å². The second-order valence-electron chi connectivity index (χ2n) is 7.50. The molecule has 0 amide bonds. The second kappa shape index (κ2) is 8.19. The maximum Gasteiger partial charge on any atom is 0.333 e. The lowest BCUT2D eigenvalue weighted by Crippen LogP contribution is -2.24. The third-order valence-electron chi connectivity index (χ3n) is 5.56. The Bertz CT molecular complexity index is 1080. The van der Waals surface area contributed by atoms with Crippen molar-refractivity contribution in [2.45, 2.75) is 37.8 Å². The lowest BCUT2D eigenvalue weighted by Gasteiger charge is -2.14. The molecule has 3 aromatic rings. The Morgan fingerprint density at radius 2 is 1.93 bits per heavy atom. The minimum Gasteiger partial charge on any atom is -0.393 e. The molecule has 0 bridgehead atoms. The zero-order valence-corrected chi connectivity index (χ0v) is 16.7. The fourth-order valence-electron chi connectivity index (χ4n) is 4.09. The molecule has 3 N–H and O–H groups in total. The highest BCUT2D eigenvalue weighted by molar-refractivity contribution is 7.84. The zero-order chi connectivity index (χ0) is 20.4. The van der Waals surface area contributed by atoms with Crippen molar-refractivity contribution in [3.63, 3.8) is 0 Å². The number of fused-ring (bicyclic) bond motifs is 1. The molecule has 29 heavy (non-hydrogen) atoms. The standard InChI is InChI=1S/C20H24N4O4S/c21-29(26,27)28-12-15-10-16(11-19(15)25)24-9-8-17-18(22-13-23-20(17)24)7-6-14-4-2-1-3-5-14/h1-5,8-9,13,15-16,19,25H,6-7,10-12H2,(H2,21,26,27)/t15-,16+,19-/m0/s1. The van der Waals surface area contributed by atoms with Crippen molar-refractivity contribution in [3.8, 4) is 0 Å². The molecular weight excluding hydrogens is 392 g/mol. The smallest absolute Gasteiger partial charge is 0.333 e. The number of hydrogen-bond donors (Lipinski definition) is 2. The van der Waals surface area contributed by atoms with Gasteiger partial charge in [0.15, 0.2) is 0 Å². The van der Waals surface area contributed by atoms with Crippen LogP contribution >= 0.6 is 0 Å². The molecule has 3 atom stereocenters. The topological polar surface area (TPSA) is 120 Å². The number of rotatable bonds is 7. The Hall–Kier alpha value is -2.33. The van der Waals surface area contributed by atoms with Crippen molar-refractivity contribution in [2.24, 2.45) is 11.1 Å². The third-order valence-corrected chi connectivity index (χ3v) is 6.02. The highest BCUT2D eigenvalue weighted by Crippen LogP contribution is 2.37. The van der Waals surface area contributed by atoms with Crippen LogP contribution in [-0.4, -0.2) is 40.8 Å². The van der Waals surface area contributed by atoms with E-state index >= 15 is 0 Å². The Kier molecular flexibility index (Phi) is 5.64. The van der Waals surface area contributed by atoms with E-state index in [1.54, 1.807) is 6.33 Å². The number of aliphatic hydroxyl groups excluding tert-OH is 1. The van der Waals surface area contributed by atoms with E-state index in [-0.39, 0.29) is 18.6 Å². The first-order valence-corrected chi connectivity index (χ1v) is 11.1. The molecule has 0 unspecified atom stereocenters. The van der Waals surface area contributed by atoms with Gasteiger partial charge in [-0.1, -0.05) is 30.3 Å². The molecule has 154 valence electrons. The highest BCUT2D eigenvalue weighted by Gasteiger charge is 2.35. The number of nitrogens with two attached hydrogens (primary N) is 1. The lowest BCUT2D eigenvalue weighted by molar-refractivity contribution is 0.100. The molecule has 0 spiro atoms. The Labute approximate surface area is 169 Å². The van der Waals surface area contributed by atoms with E-state index < -0.39 is 16.4 Å². The van der Waals surface area contributed by atoms with Gasteiger partial charge >= 0.3 is 10.3 Å². The molecule has 1 aliphatic rings. The summed E-state index contributed by atoms with van der Waals surface area (Å²) in [6.45, 7) is -0.118. The van der Waals surface area contributed by atoms with E-state index in [0.29, 0.717) is 12.8 Å². The number of nitrogens with zero attached hydrogens (tertiary/aromatic N) is 3. The highest BCUT2D eigenvalue weighted by atomic mass is 32.2. The first-order valence-electron chi connectivity index (χ1n) is 9.60. The summed E-state index contributed by atoms with van der Waals surface area (Å²) >= 11 is 0. The number of hydrogen-bond acceptors (Lipinski definition) is 6. The van der Waals surface area contributed by atoms with Gasteiger partial charge in [-0.15, -0.1) is 0 Å². The van der Waals surface area contributed by atoms with Gasteiger partial charge in [-0.3, -0.25) is 4.18 Å². The largest absolute Gasteiger partial charge is 0.393 e. The SMILES string of the molecule is NS(=O)(=O)OC[C@@H]1C[C@@H](n2ccc3c(CCc4ccccc4)ncnc32)C[C@@H]1O. The number of aryl methyl sites for hydroxylation is 2. The molecule has 1 aliphatic carbocycles. The van der Waals surface area contributed by atoms with Gasteiger partial charge in [0.2, 0.25) is 0 Å². The van der Waals surface area contributed by atoms with Crippen LogP contribution in [0.15, 0.2) is 48.9 Å². The van der Waals surface area contributed by atoms with Crippen LogP contribution in [-0.2, 0) is 27.3 Å². The van der Waals surface area contributed by atoms with Crippen molar-refractivity contribution in [1.82, 2.24) is 14.5 Å². The van der Waals surface area contributed by atoms with Crippen molar-refractivity contribution in [2.75, 3.05) is 6.61 Å². The van der Waals surface area contributed by atoms with Crippen LogP contribution in [0.3, 0.4) is 0 Å². The van der Waals surface area contributed by atoms with Gasteiger partial charge in [-0.2, -0.15) is 8.42 Å². The van der Waals surface area contributed by atoms with E-state index in [0.717, 1.165) is 29.6 Å². The summed E-state index contributed by atoms with van der Waals surface area (Å²) in [5.74, 6) is -0.296. The summed E-state index contributed by atoms with van der Waals surface area (Å²) in [7, 11) is -4.01. The molecule has 4 rings (SSSR count). The molecule has 8 nitrogen and oxygen atoms in total. The van der Waals surface area contributed by atoms with Crippen LogP contribution in [0, 0.1) is 5.92 Å². The average molecular weight is 417 g/mol.